The maximum Gasteiger partial charge on any atom is 0.313 e. The van der Waals surface area contributed by atoms with E-state index in [9.17, 15) is 9.59 Å². The lowest BCUT2D eigenvalue weighted by molar-refractivity contribution is -0.133. The van der Waals surface area contributed by atoms with Crippen LogP contribution in [0.2, 0.25) is 5.02 Å². The predicted molar refractivity (Wildman–Crippen MR) is 97.4 cm³/mol. The molecule has 0 heterocycles. The van der Waals surface area contributed by atoms with Gasteiger partial charge in [0, 0.05) is 26.7 Å². The summed E-state index contributed by atoms with van der Waals surface area (Å²) in [6, 6.07) is 14.3. The number of carbonyl (C=O) groups is 2. The first kappa shape index (κ1) is 18.0. The number of Topliss-reactive ketones (excluding diaryl/α,β-unsaturated/α-hetero) is 1. The van der Waals surface area contributed by atoms with Crippen LogP contribution in [0.15, 0.2) is 53.0 Å². The number of carboxylic acids is 1. The van der Waals surface area contributed by atoms with Crippen LogP contribution in [0.1, 0.15) is 27.6 Å². The molecule has 2 rings (SSSR count). The van der Waals surface area contributed by atoms with E-state index in [0.29, 0.717) is 10.6 Å². The van der Waals surface area contributed by atoms with Gasteiger partial charge in [-0.1, -0.05) is 57.9 Å². The van der Waals surface area contributed by atoms with E-state index in [4.69, 9.17) is 16.7 Å². The quantitative estimate of drug-likeness (QED) is 0.631. The summed E-state index contributed by atoms with van der Waals surface area (Å²) in [6.45, 7) is 0. The summed E-state index contributed by atoms with van der Waals surface area (Å²) >= 11 is 10.7. The highest BCUT2D eigenvalue weighted by Gasteiger charge is 2.21. The number of hydrogen-bond acceptors (Lipinski definition) is 3. The summed E-state index contributed by atoms with van der Waals surface area (Å²) in [5.41, 5.74) is 1.38. The van der Waals surface area contributed by atoms with Crippen LogP contribution in [0.25, 0.3) is 0 Å². The number of aliphatic carboxylic acids is 1. The van der Waals surface area contributed by atoms with Gasteiger partial charge in [0.2, 0.25) is 0 Å². The third-order valence-corrected chi connectivity index (χ3v) is 5.31. The van der Waals surface area contributed by atoms with Gasteiger partial charge in [-0.3, -0.25) is 9.59 Å². The van der Waals surface area contributed by atoms with E-state index in [1.165, 1.54) is 11.8 Å². The van der Waals surface area contributed by atoms with E-state index in [1.54, 1.807) is 24.3 Å². The number of benzene rings is 2. The molecule has 0 spiro atoms. The van der Waals surface area contributed by atoms with Gasteiger partial charge in [-0.2, -0.15) is 0 Å². The molecule has 1 unspecified atom stereocenters. The molecule has 1 N–H and O–H groups in total. The zero-order chi connectivity index (χ0) is 16.8. The molecule has 0 fully saturated rings. The minimum Gasteiger partial charge on any atom is -0.481 e. The molecule has 23 heavy (non-hydrogen) atoms. The van der Waals surface area contributed by atoms with Crippen LogP contribution in [-0.4, -0.2) is 22.6 Å². The van der Waals surface area contributed by atoms with Crippen molar-refractivity contribution in [1.82, 2.24) is 0 Å². The van der Waals surface area contributed by atoms with Crippen LogP contribution in [0.5, 0.6) is 0 Å². The second-order valence-corrected chi connectivity index (χ2v) is 7.36. The van der Waals surface area contributed by atoms with E-state index in [2.05, 4.69) is 15.9 Å². The lowest BCUT2D eigenvalue weighted by atomic mass is 10.0. The van der Waals surface area contributed by atoms with Crippen molar-refractivity contribution in [2.45, 2.75) is 11.7 Å². The van der Waals surface area contributed by atoms with Gasteiger partial charge in [0.05, 0.1) is 5.75 Å². The molecule has 0 saturated carbocycles. The Morgan fingerprint density at radius 1 is 1.13 bits per heavy atom. The number of rotatable bonds is 7. The second-order valence-electron chi connectivity index (χ2n) is 4.85. The smallest absolute Gasteiger partial charge is 0.313 e. The lowest BCUT2D eigenvalue weighted by Gasteiger charge is -2.17. The number of halogens is 2. The average molecular weight is 414 g/mol. The molecule has 0 saturated heterocycles. The molecule has 120 valence electrons. The molecule has 0 aliphatic heterocycles. The molecule has 3 nitrogen and oxygen atoms in total. The van der Waals surface area contributed by atoms with Crippen LogP contribution in [0, 0.1) is 0 Å². The fourth-order valence-corrected chi connectivity index (χ4v) is 3.68. The van der Waals surface area contributed by atoms with Crippen molar-refractivity contribution in [3.05, 3.63) is 69.2 Å². The highest BCUT2D eigenvalue weighted by molar-refractivity contribution is 9.10. The minimum atomic E-state index is -0.914. The van der Waals surface area contributed by atoms with Crippen molar-refractivity contribution in [2.24, 2.45) is 0 Å². The first-order valence-corrected chi connectivity index (χ1v) is 9.06. The predicted octanol–water partition coefficient (Wildman–Crippen LogP) is 5.23. The Balaban J connectivity index is 2.20. The van der Waals surface area contributed by atoms with Crippen molar-refractivity contribution in [3.63, 3.8) is 0 Å². The summed E-state index contributed by atoms with van der Waals surface area (Å²) in [5.74, 6) is -1.03. The average Bonchev–Trinajstić information content (AvgIpc) is 2.52. The number of thioether (sulfide) groups is 1. The first-order valence-electron chi connectivity index (χ1n) is 6.84. The Hall–Kier alpha value is -1.30. The first-order chi connectivity index (χ1) is 11.0. The number of ketones is 1. The lowest BCUT2D eigenvalue weighted by Crippen LogP contribution is -2.09. The van der Waals surface area contributed by atoms with Crippen molar-refractivity contribution in [3.8, 4) is 0 Å². The largest absolute Gasteiger partial charge is 0.481 e. The molecule has 6 heteroatoms. The minimum absolute atomic E-state index is 0.0414. The van der Waals surface area contributed by atoms with E-state index in [1.807, 2.05) is 24.3 Å². The molecule has 0 aliphatic rings. The molecule has 0 bridgehead atoms. The molecule has 2 aromatic rings. The second kappa shape index (κ2) is 8.52. The molecule has 0 amide bonds. The molecule has 0 aliphatic carbocycles. The summed E-state index contributed by atoms with van der Waals surface area (Å²) in [7, 11) is 0. The topological polar surface area (TPSA) is 54.4 Å². The van der Waals surface area contributed by atoms with Crippen molar-refractivity contribution >= 4 is 51.0 Å². The highest BCUT2D eigenvalue weighted by atomic mass is 79.9. The van der Waals surface area contributed by atoms with E-state index >= 15 is 0 Å². The Bertz CT molecular complexity index is 703. The van der Waals surface area contributed by atoms with Gasteiger partial charge < -0.3 is 5.11 Å². The highest BCUT2D eigenvalue weighted by Crippen LogP contribution is 2.37. The van der Waals surface area contributed by atoms with Crippen molar-refractivity contribution < 1.29 is 14.7 Å². The van der Waals surface area contributed by atoms with Gasteiger partial charge in [-0.15, -0.1) is 11.8 Å². The Morgan fingerprint density at radius 3 is 2.39 bits per heavy atom. The van der Waals surface area contributed by atoms with E-state index in [-0.39, 0.29) is 23.2 Å². The molecular weight excluding hydrogens is 400 g/mol. The van der Waals surface area contributed by atoms with Crippen molar-refractivity contribution in [2.75, 3.05) is 5.75 Å². The van der Waals surface area contributed by atoms with Crippen molar-refractivity contribution in [1.29, 1.82) is 0 Å². The van der Waals surface area contributed by atoms with Crippen LogP contribution >= 0.6 is 39.3 Å². The zero-order valence-electron chi connectivity index (χ0n) is 12.0. The van der Waals surface area contributed by atoms with Gasteiger partial charge >= 0.3 is 5.97 Å². The van der Waals surface area contributed by atoms with Crippen LogP contribution in [0.4, 0.5) is 0 Å². The van der Waals surface area contributed by atoms with Crippen LogP contribution in [0.3, 0.4) is 0 Å². The molecule has 0 aromatic heterocycles. The number of carboxylic acid groups (broad SMARTS) is 1. The maximum atomic E-state index is 12.5. The summed E-state index contributed by atoms with van der Waals surface area (Å²) in [4.78, 5) is 23.3. The van der Waals surface area contributed by atoms with Crippen LogP contribution in [-0.2, 0) is 4.79 Å². The Labute approximate surface area is 152 Å². The summed E-state index contributed by atoms with van der Waals surface area (Å²) in [6.07, 6.45) is 0.198. The fourth-order valence-electron chi connectivity index (χ4n) is 2.09. The third kappa shape index (κ3) is 5.37. The van der Waals surface area contributed by atoms with E-state index < -0.39 is 5.97 Å². The van der Waals surface area contributed by atoms with Gasteiger partial charge in [0.25, 0.3) is 0 Å². The van der Waals surface area contributed by atoms with Gasteiger partial charge in [0.15, 0.2) is 5.78 Å². The zero-order valence-corrected chi connectivity index (χ0v) is 15.2. The molecule has 0 radical (unpaired) electrons. The van der Waals surface area contributed by atoms with E-state index in [0.717, 1.165) is 10.0 Å². The summed E-state index contributed by atoms with van der Waals surface area (Å²) in [5, 5.41) is 9.16. The molecule has 1 atom stereocenters. The maximum absolute atomic E-state index is 12.5. The third-order valence-electron chi connectivity index (χ3n) is 3.20. The van der Waals surface area contributed by atoms with Gasteiger partial charge in [-0.25, -0.2) is 0 Å². The monoisotopic (exact) mass is 412 g/mol. The number of hydrogen-bond donors (Lipinski definition) is 1. The Kier molecular flexibility index (Phi) is 6.69. The van der Waals surface area contributed by atoms with Gasteiger partial charge in [-0.05, 0) is 23.8 Å². The van der Waals surface area contributed by atoms with Gasteiger partial charge in [0.1, 0.15) is 0 Å². The Morgan fingerprint density at radius 2 is 1.78 bits per heavy atom. The number of carbonyl (C=O) groups excluding carboxylic acids is 1. The standard InChI is InChI=1S/C17H14BrClO3S/c18-12-7-5-11(6-8-12)15(20)9-16(23-10-17(21)22)13-3-1-2-4-14(13)19/h1-8,16H,9-10H2,(H,21,22). The SMILES string of the molecule is O=C(O)CSC(CC(=O)c1ccc(Br)cc1)c1ccccc1Cl. The fraction of sp³-hybridized carbons (Fsp3) is 0.176. The normalized spacial score (nSPS) is 11.9. The molecule has 2 aromatic carbocycles. The van der Waals surface area contributed by atoms with Crippen LogP contribution < -0.4 is 0 Å². The molecular formula is C17H14BrClO3S. The summed E-state index contributed by atoms with van der Waals surface area (Å²) < 4.78 is 0.900.